The highest BCUT2D eigenvalue weighted by atomic mass is 16.6. The molecule has 1 rings (SSSR count). The normalized spacial score (nSPS) is 10.9. The van der Waals surface area contributed by atoms with E-state index in [2.05, 4.69) is 0 Å². The molecule has 0 spiro atoms. The van der Waals surface area contributed by atoms with Crippen molar-refractivity contribution in [1.29, 1.82) is 0 Å². The van der Waals surface area contributed by atoms with E-state index in [0.717, 1.165) is 12.1 Å². The molecule has 0 aliphatic heterocycles. The van der Waals surface area contributed by atoms with Crippen molar-refractivity contribution < 1.29 is 24.7 Å². The second kappa shape index (κ2) is 4.88. The van der Waals surface area contributed by atoms with Crippen molar-refractivity contribution in [3.63, 3.8) is 0 Å². The van der Waals surface area contributed by atoms with Gasteiger partial charge in [0.25, 0.3) is 5.69 Å². The lowest BCUT2D eigenvalue weighted by molar-refractivity contribution is -0.384. The van der Waals surface area contributed by atoms with Gasteiger partial charge in [0.15, 0.2) is 5.78 Å². The van der Waals surface area contributed by atoms with E-state index >= 15 is 0 Å². The second-order valence-corrected chi connectivity index (χ2v) is 3.00. The Hall–Kier alpha value is -2.70. The van der Waals surface area contributed by atoms with Crippen LogP contribution in [0, 0.1) is 10.1 Å². The van der Waals surface area contributed by atoms with E-state index in [0.29, 0.717) is 6.08 Å². The maximum Gasteiger partial charge on any atom is 0.371 e. The molecule has 0 aliphatic carbocycles. The summed E-state index contributed by atoms with van der Waals surface area (Å²) in [5, 5.41) is 27.5. The lowest BCUT2D eigenvalue weighted by Crippen LogP contribution is -2.04. The van der Waals surface area contributed by atoms with Crippen LogP contribution >= 0.6 is 0 Å². The van der Waals surface area contributed by atoms with Crippen molar-refractivity contribution in [3.05, 3.63) is 51.8 Å². The Labute approximate surface area is 94.8 Å². The van der Waals surface area contributed by atoms with Crippen molar-refractivity contribution in [2.24, 2.45) is 0 Å². The van der Waals surface area contributed by atoms with Crippen LogP contribution < -0.4 is 0 Å². The van der Waals surface area contributed by atoms with Crippen LogP contribution in [-0.4, -0.2) is 26.9 Å². The highest BCUT2D eigenvalue weighted by Crippen LogP contribution is 2.12. The number of carboxylic acid groups (broad SMARTS) is 1. The SMILES string of the molecule is O=C(O)C(O)=CC(=O)c1ccc([N+](=O)[O-])cc1. The maximum absolute atomic E-state index is 11.4. The molecule has 7 nitrogen and oxygen atoms in total. The number of benzene rings is 1. The van der Waals surface area contributed by atoms with Crippen molar-refractivity contribution in [2.75, 3.05) is 0 Å². The maximum atomic E-state index is 11.4. The van der Waals surface area contributed by atoms with E-state index in [1.54, 1.807) is 0 Å². The van der Waals surface area contributed by atoms with E-state index in [4.69, 9.17) is 10.2 Å². The highest BCUT2D eigenvalue weighted by Gasteiger charge is 2.11. The molecule has 0 saturated heterocycles. The Morgan fingerprint density at radius 1 is 1.18 bits per heavy atom. The fraction of sp³-hybridized carbons (Fsp3) is 0. The van der Waals surface area contributed by atoms with Crippen LogP contribution in [0.1, 0.15) is 10.4 Å². The third kappa shape index (κ3) is 3.13. The number of allylic oxidation sites excluding steroid dienone is 1. The van der Waals surface area contributed by atoms with Gasteiger partial charge in [-0.2, -0.15) is 0 Å². The third-order valence-electron chi connectivity index (χ3n) is 1.85. The third-order valence-corrected chi connectivity index (χ3v) is 1.85. The smallest absolute Gasteiger partial charge is 0.371 e. The Morgan fingerprint density at radius 2 is 1.71 bits per heavy atom. The quantitative estimate of drug-likeness (QED) is 0.268. The van der Waals surface area contributed by atoms with Gasteiger partial charge in [0, 0.05) is 23.8 Å². The summed E-state index contributed by atoms with van der Waals surface area (Å²) in [7, 11) is 0. The molecule has 1 aromatic rings. The molecule has 0 heterocycles. The summed E-state index contributed by atoms with van der Waals surface area (Å²) in [6.07, 6.45) is 0.531. The standard InChI is InChI=1S/C10H7NO6/c12-8(5-9(13)10(14)15)6-1-3-7(4-2-6)11(16)17/h1-5,13H,(H,14,15). The fourth-order valence-electron chi connectivity index (χ4n) is 1.02. The van der Waals surface area contributed by atoms with Gasteiger partial charge in [-0.1, -0.05) is 0 Å². The fourth-order valence-corrected chi connectivity index (χ4v) is 1.02. The minimum Gasteiger partial charge on any atom is -0.502 e. The number of carboxylic acids is 1. The van der Waals surface area contributed by atoms with Gasteiger partial charge in [0.1, 0.15) is 0 Å². The molecule has 7 heteroatoms. The Bertz CT molecular complexity index is 502. The predicted octanol–water partition coefficient (Wildman–Crippen LogP) is 1.30. The summed E-state index contributed by atoms with van der Waals surface area (Å²) in [5.74, 6) is -3.46. The average Bonchev–Trinajstić information content (AvgIpc) is 2.28. The average molecular weight is 237 g/mol. The number of aliphatic hydroxyl groups is 1. The van der Waals surface area contributed by atoms with Crippen LogP contribution in [0.3, 0.4) is 0 Å². The van der Waals surface area contributed by atoms with E-state index in [1.807, 2.05) is 0 Å². The molecular formula is C10H7NO6. The van der Waals surface area contributed by atoms with Crippen LogP contribution in [0.5, 0.6) is 0 Å². The zero-order chi connectivity index (χ0) is 13.0. The van der Waals surface area contributed by atoms with Crippen LogP contribution in [0.2, 0.25) is 0 Å². The number of nitro groups is 1. The van der Waals surface area contributed by atoms with Crippen LogP contribution in [0.4, 0.5) is 5.69 Å². The Balaban J connectivity index is 2.95. The van der Waals surface area contributed by atoms with Gasteiger partial charge in [-0.3, -0.25) is 14.9 Å². The summed E-state index contributed by atoms with van der Waals surface area (Å²) in [5.41, 5.74) is -0.142. The van der Waals surface area contributed by atoms with Gasteiger partial charge in [-0.05, 0) is 12.1 Å². The molecule has 0 bridgehead atoms. The number of aliphatic hydroxyl groups excluding tert-OH is 1. The summed E-state index contributed by atoms with van der Waals surface area (Å²) < 4.78 is 0. The first-order chi connectivity index (χ1) is 7.91. The number of ketones is 1. The minimum atomic E-state index is -1.62. The van der Waals surface area contributed by atoms with Crippen LogP contribution in [0.15, 0.2) is 36.1 Å². The van der Waals surface area contributed by atoms with Crippen molar-refractivity contribution in [1.82, 2.24) is 0 Å². The molecule has 0 radical (unpaired) electrons. The minimum absolute atomic E-state index is 0.0448. The first-order valence-corrected chi connectivity index (χ1v) is 4.34. The number of carbonyl (C=O) groups excluding carboxylic acids is 1. The topological polar surface area (TPSA) is 118 Å². The largest absolute Gasteiger partial charge is 0.502 e. The lowest BCUT2D eigenvalue weighted by atomic mass is 10.1. The second-order valence-electron chi connectivity index (χ2n) is 3.00. The zero-order valence-corrected chi connectivity index (χ0v) is 8.36. The number of nitrogens with zero attached hydrogens (tertiary/aromatic N) is 1. The lowest BCUT2D eigenvalue weighted by Gasteiger charge is -1.96. The zero-order valence-electron chi connectivity index (χ0n) is 8.36. The van der Waals surface area contributed by atoms with Crippen LogP contribution in [-0.2, 0) is 4.79 Å². The predicted molar refractivity (Wildman–Crippen MR) is 55.8 cm³/mol. The van der Waals surface area contributed by atoms with Gasteiger partial charge < -0.3 is 10.2 Å². The molecule has 1 aromatic carbocycles. The molecule has 0 fully saturated rings. The Kier molecular flexibility index (Phi) is 3.55. The molecule has 0 amide bonds. The summed E-state index contributed by atoms with van der Waals surface area (Å²) in [6, 6.07) is 4.57. The van der Waals surface area contributed by atoms with Gasteiger partial charge in [0.05, 0.1) is 4.92 Å². The molecule has 0 saturated carbocycles. The molecule has 0 unspecified atom stereocenters. The number of aliphatic carboxylic acids is 1. The summed E-state index contributed by atoms with van der Waals surface area (Å²) in [6.45, 7) is 0. The van der Waals surface area contributed by atoms with Crippen molar-refractivity contribution in [2.45, 2.75) is 0 Å². The van der Waals surface area contributed by atoms with E-state index in [1.165, 1.54) is 12.1 Å². The number of rotatable bonds is 4. The van der Waals surface area contributed by atoms with E-state index in [9.17, 15) is 19.7 Å². The number of hydrogen-bond acceptors (Lipinski definition) is 5. The highest BCUT2D eigenvalue weighted by molar-refractivity contribution is 6.07. The number of carbonyl (C=O) groups is 2. The van der Waals surface area contributed by atoms with Gasteiger partial charge in [-0.25, -0.2) is 4.79 Å². The molecule has 17 heavy (non-hydrogen) atoms. The molecule has 88 valence electrons. The molecule has 0 aliphatic rings. The number of non-ortho nitro benzene ring substituents is 1. The number of nitro benzene ring substituents is 1. The number of hydrogen-bond donors (Lipinski definition) is 2. The van der Waals surface area contributed by atoms with Gasteiger partial charge in [0.2, 0.25) is 5.76 Å². The summed E-state index contributed by atoms with van der Waals surface area (Å²) >= 11 is 0. The summed E-state index contributed by atoms with van der Waals surface area (Å²) in [4.78, 5) is 31.3. The van der Waals surface area contributed by atoms with Crippen molar-refractivity contribution in [3.8, 4) is 0 Å². The van der Waals surface area contributed by atoms with E-state index in [-0.39, 0.29) is 11.3 Å². The van der Waals surface area contributed by atoms with Gasteiger partial charge >= 0.3 is 5.97 Å². The first kappa shape index (κ1) is 12.4. The molecule has 0 aromatic heterocycles. The molecular weight excluding hydrogens is 230 g/mol. The van der Waals surface area contributed by atoms with E-state index < -0.39 is 22.4 Å². The molecule has 0 atom stereocenters. The Morgan fingerprint density at radius 3 is 2.12 bits per heavy atom. The van der Waals surface area contributed by atoms with Crippen molar-refractivity contribution >= 4 is 17.4 Å². The first-order valence-electron chi connectivity index (χ1n) is 4.34. The van der Waals surface area contributed by atoms with Crippen LogP contribution in [0.25, 0.3) is 0 Å². The monoisotopic (exact) mass is 237 g/mol. The molecule has 2 N–H and O–H groups in total. The van der Waals surface area contributed by atoms with Gasteiger partial charge in [-0.15, -0.1) is 0 Å².